The zero-order chi connectivity index (χ0) is 14.9. The van der Waals surface area contributed by atoms with Gasteiger partial charge in [-0.25, -0.2) is 0 Å². The van der Waals surface area contributed by atoms with Crippen molar-refractivity contribution in [2.75, 3.05) is 0 Å². The van der Waals surface area contributed by atoms with Crippen LogP contribution in [-0.2, 0) is 0 Å². The van der Waals surface area contributed by atoms with E-state index in [1.165, 1.54) is 11.1 Å². The van der Waals surface area contributed by atoms with Gasteiger partial charge in [-0.3, -0.25) is 4.99 Å². The quantitative estimate of drug-likeness (QED) is 0.858. The Hall–Kier alpha value is -2.09. The fourth-order valence-electron chi connectivity index (χ4n) is 2.73. The predicted molar refractivity (Wildman–Crippen MR) is 88.4 cm³/mol. The first kappa shape index (κ1) is 13.9. The molecule has 0 radical (unpaired) electrons. The van der Waals surface area contributed by atoms with Gasteiger partial charge in [-0.15, -0.1) is 0 Å². The molecule has 1 heterocycles. The summed E-state index contributed by atoms with van der Waals surface area (Å²) < 4.78 is 0. The smallest absolute Gasteiger partial charge is 0.103 e. The molecule has 3 rings (SSSR count). The summed E-state index contributed by atoms with van der Waals surface area (Å²) >= 11 is 0. The standard InChI is InChI=1S/C19H22N2/c1-19(2,3)18-20-16(14-10-6-4-7-11-14)17(21-18)15-12-8-5-9-13-15/h4-13,16-17H,1-3H3,(H,20,21)/t16-,17-/m1/s1. The summed E-state index contributed by atoms with van der Waals surface area (Å²) in [5.74, 6) is 1.09. The largest absolute Gasteiger partial charge is 0.364 e. The van der Waals surface area contributed by atoms with Crippen LogP contribution in [0.15, 0.2) is 65.7 Å². The number of aliphatic imine (C=N–C) groups is 1. The summed E-state index contributed by atoms with van der Waals surface area (Å²) in [5, 5.41) is 3.65. The molecule has 0 saturated heterocycles. The average molecular weight is 278 g/mol. The topological polar surface area (TPSA) is 24.4 Å². The lowest BCUT2D eigenvalue weighted by Crippen LogP contribution is -2.33. The minimum Gasteiger partial charge on any atom is -0.364 e. The lowest BCUT2D eigenvalue weighted by Gasteiger charge is -2.22. The third-order valence-corrected chi connectivity index (χ3v) is 3.89. The van der Waals surface area contributed by atoms with E-state index in [4.69, 9.17) is 4.99 Å². The Kier molecular flexibility index (Phi) is 3.54. The lowest BCUT2D eigenvalue weighted by molar-refractivity contribution is 0.543. The van der Waals surface area contributed by atoms with Crippen molar-refractivity contribution in [3.63, 3.8) is 0 Å². The first-order valence-electron chi connectivity index (χ1n) is 7.50. The lowest BCUT2D eigenvalue weighted by atomic mass is 9.94. The molecular formula is C19H22N2. The number of rotatable bonds is 2. The molecule has 21 heavy (non-hydrogen) atoms. The number of benzene rings is 2. The molecule has 2 aromatic carbocycles. The third kappa shape index (κ3) is 2.85. The number of nitrogens with zero attached hydrogens (tertiary/aromatic N) is 1. The van der Waals surface area contributed by atoms with Crippen molar-refractivity contribution in [3.8, 4) is 0 Å². The van der Waals surface area contributed by atoms with Crippen molar-refractivity contribution in [2.24, 2.45) is 10.4 Å². The molecule has 108 valence electrons. The number of nitrogens with one attached hydrogen (secondary N) is 1. The van der Waals surface area contributed by atoms with E-state index in [1.807, 2.05) is 0 Å². The zero-order valence-electron chi connectivity index (χ0n) is 12.9. The van der Waals surface area contributed by atoms with Crippen LogP contribution in [0.5, 0.6) is 0 Å². The number of amidine groups is 1. The molecule has 1 N–H and O–H groups in total. The fraction of sp³-hybridized carbons (Fsp3) is 0.316. The molecule has 2 nitrogen and oxygen atoms in total. The molecule has 1 aliphatic heterocycles. The Balaban J connectivity index is 2.00. The van der Waals surface area contributed by atoms with Crippen LogP contribution in [0.1, 0.15) is 44.0 Å². The molecule has 0 unspecified atom stereocenters. The van der Waals surface area contributed by atoms with Gasteiger partial charge in [-0.1, -0.05) is 81.4 Å². The Bertz CT molecular complexity index is 624. The fourth-order valence-corrected chi connectivity index (χ4v) is 2.73. The van der Waals surface area contributed by atoms with Crippen molar-refractivity contribution >= 4 is 5.84 Å². The maximum atomic E-state index is 4.99. The molecule has 0 fully saturated rings. The highest BCUT2D eigenvalue weighted by Crippen LogP contribution is 2.38. The Morgan fingerprint density at radius 3 is 1.86 bits per heavy atom. The minimum absolute atomic E-state index is 0.0383. The van der Waals surface area contributed by atoms with Crippen molar-refractivity contribution in [3.05, 3.63) is 71.8 Å². The second-order valence-corrected chi connectivity index (χ2v) is 6.62. The van der Waals surface area contributed by atoms with E-state index in [1.54, 1.807) is 0 Å². The van der Waals surface area contributed by atoms with Gasteiger partial charge in [0, 0.05) is 5.41 Å². The predicted octanol–water partition coefficient (Wildman–Crippen LogP) is 4.52. The van der Waals surface area contributed by atoms with Crippen LogP contribution in [-0.4, -0.2) is 5.84 Å². The molecule has 2 atom stereocenters. The summed E-state index contributed by atoms with van der Waals surface area (Å²) in [6.45, 7) is 6.61. The van der Waals surface area contributed by atoms with E-state index in [2.05, 4.69) is 86.8 Å². The highest BCUT2D eigenvalue weighted by atomic mass is 15.1. The highest BCUT2D eigenvalue weighted by Gasteiger charge is 2.35. The molecule has 2 aromatic rings. The van der Waals surface area contributed by atoms with Crippen molar-refractivity contribution < 1.29 is 0 Å². The van der Waals surface area contributed by atoms with Crippen molar-refractivity contribution in [2.45, 2.75) is 32.9 Å². The van der Waals surface area contributed by atoms with Gasteiger partial charge in [0.1, 0.15) is 11.9 Å². The summed E-state index contributed by atoms with van der Waals surface area (Å²) in [6, 6.07) is 21.5. The molecule has 1 aliphatic rings. The third-order valence-electron chi connectivity index (χ3n) is 3.89. The maximum absolute atomic E-state index is 4.99. The van der Waals surface area contributed by atoms with Gasteiger partial charge in [0.05, 0.1) is 6.04 Å². The maximum Gasteiger partial charge on any atom is 0.103 e. The van der Waals surface area contributed by atoms with Gasteiger partial charge in [-0.05, 0) is 11.1 Å². The van der Waals surface area contributed by atoms with Gasteiger partial charge in [0.2, 0.25) is 0 Å². The number of hydrogen-bond acceptors (Lipinski definition) is 2. The van der Waals surface area contributed by atoms with Gasteiger partial charge in [-0.2, -0.15) is 0 Å². The summed E-state index contributed by atoms with van der Waals surface area (Å²) in [7, 11) is 0. The first-order valence-corrected chi connectivity index (χ1v) is 7.50. The van der Waals surface area contributed by atoms with Gasteiger partial charge in [0.15, 0.2) is 0 Å². The SMILES string of the molecule is CC(C)(C)C1=N[C@H](c2ccccc2)[C@@H](c2ccccc2)N1. The van der Waals surface area contributed by atoms with E-state index in [0.29, 0.717) is 0 Å². The van der Waals surface area contributed by atoms with E-state index in [9.17, 15) is 0 Å². The Morgan fingerprint density at radius 1 is 0.810 bits per heavy atom. The van der Waals surface area contributed by atoms with Gasteiger partial charge < -0.3 is 5.32 Å². The summed E-state index contributed by atoms with van der Waals surface area (Å²) in [6.07, 6.45) is 0. The monoisotopic (exact) mass is 278 g/mol. The minimum atomic E-state index is 0.0383. The molecule has 0 saturated carbocycles. The molecular weight excluding hydrogens is 256 g/mol. The zero-order valence-corrected chi connectivity index (χ0v) is 12.9. The van der Waals surface area contributed by atoms with Crippen LogP contribution < -0.4 is 5.32 Å². The van der Waals surface area contributed by atoms with Crippen LogP contribution >= 0.6 is 0 Å². The van der Waals surface area contributed by atoms with Crippen LogP contribution in [0.4, 0.5) is 0 Å². The van der Waals surface area contributed by atoms with Gasteiger partial charge >= 0.3 is 0 Å². The molecule has 2 heteroatoms. The molecule has 0 bridgehead atoms. The second kappa shape index (κ2) is 5.36. The number of hydrogen-bond donors (Lipinski definition) is 1. The Morgan fingerprint density at radius 2 is 1.33 bits per heavy atom. The molecule has 0 aromatic heterocycles. The van der Waals surface area contributed by atoms with Crippen LogP contribution in [0, 0.1) is 5.41 Å². The second-order valence-electron chi connectivity index (χ2n) is 6.62. The molecule has 0 amide bonds. The van der Waals surface area contributed by atoms with Crippen LogP contribution in [0.25, 0.3) is 0 Å². The van der Waals surface area contributed by atoms with Crippen LogP contribution in [0.2, 0.25) is 0 Å². The van der Waals surface area contributed by atoms with Crippen LogP contribution in [0.3, 0.4) is 0 Å². The normalized spacial score (nSPS) is 21.8. The van der Waals surface area contributed by atoms with Gasteiger partial charge in [0.25, 0.3) is 0 Å². The molecule has 0 spiro atoms. The summed E-state index contributed by atoms with van der Waals surface area (Å²) in [5.41, 5.74) is 2.59. The first-order chi connectivity index (χ1) is 10.1. The summed E-state index contributed by atoms with van der Waals surface area (Å²) in [4.78, 5) is 4.99. The Labute approximate surface area is 126 Å². The average Bonchev–Trinajstić information content (AvgIpc) is 2.94. The molecule has 0 aliphatic carbocycles. The van der Waals surface area contributed by atoms with E-state index >= 15 is 0 Å². The van der Waals surface area contributed by atoms with Crippen molar-refractivity contribution in [1.82, 2.24) is 5.32 Å². The van der Waals surface area contributed by atoms with E-state index < -0.39 is 0 Å². The highest BCUT2D eigenvalue weighted by molar-refractivity contribution is 5.89. The van der Waals surface area contributed by atoms with E-state index in [-0.39, 0.29) is 17.5 Å². The van der Waals surface area contributed by atoms with E-state index in [0.717, 1.165) is 5.84 Å². The van der Waals surface area contributed by atoms with Crippen molar-refractivity contribution in [1.29, 1.82) is 0 Å².